The van der Waals surface area contributed by atoms with Crippen molar-refractivity contribution >= 4 is 12.0 Å². The second-order valence-electron chi connectivity index (χ2n) is 4.47. The van der Waals surface area contributed by atoms with E-state index >= 15 is 0 Å². The molecule has 1 rings (SSSR count). The molecule has 0 fully saturated rings. The Morgan fingerprint density at radius 2 is 2.06 bits per heavy atom. The van der Waals surface area contributed by atoms with E-state index in [2.05, 4.69) is 4.79 Å². The van der Waals surface area contributed by atoms with Crippen LogP contribution in [0.25, 0.3) is 5.53 Å². The summed E-state index contributed by atoms with van der Waals surface area (Å²) >= 11 is 0. The third-order valence-electron chi connectivity index (χ3n) is 2.42. The minimum atomic E-state index is -0.680. The molecule has 1 aromatic rings. The Labute approximate surface area is 101 Å². The van der Waals surface area contributed by atoms with Gasteiger partial charge in [0.05, 0.1) is 18.6 Å². The standard InChI is InChI=1S/C13H16N2O2/c1-13(2,12(16)8-15-14)10-17-9-11-6-4-3-5-7-11/h3-8H,9-10H2,1-2H3. The minimum absolute atomic E-state index is 0.256. The maximum Gasteiger partial charge on any atom is 0.323 e. The van der Waals surface area contributed by atoms with Crippen molar-refractivity contribution in [3.05, 3.63) is 41.4 Å². The summed E-state index contributed by atoms with van der Waals surface area (Å²) in [5.41, 5.74) is 8.69. The van der Waals surface area contributed by atoms with Gasteiger partial charge in [-0.1, -0.05) is 44.2 Å². The zero-order valence-electron chi connectivity index (χ0n) is 10.1. The summed E-state index contributed by atoms with van der Waals surface area (Å²) in [7, 11) is 0. The van der Waals surface area contributed by atoms with E-state index in [1.54, 1.807) is 13.8 Å². The molecule has 0 spiro atoms. The number of carbonyl (C=O) groups excluding carboxylic acids is 1. The van der Waals surface area contributed by atoms with Crippen LogP contribution < -0.4 is 0 Å². The van der Waals surface area contributed by atoms with E-state index < -0.39 is 5.41 Å². The Morgan fingerprint density at radius 3 is 2.65 bits per heavy atom. The molecule has 17 heavy (non-hydrogen) atoms. The van der Waals surface area contributed by atoms with E-state index in [0.717, 1.165) is 11.8 Å². The van der Waals surface area contributed by atoms with Crippen LogP contribution in [0.5, 0.6) is 0 Å². The van der Waals surface area contributed by atoms with Gasteiger partial charge in [0, 0.05) is 0 Å². The summed E-state index contributed by atoms with van der Waals surface area (Å²) in [5, 5.41) is 0. The second-order valence-corrected chi connectivity index (χ2v) is 4.47. The van der Waals surface area contributed by atoms with Crippen LogP contribution in [0.1, 0.15) is 19.4 Å². The molecular formula is C13H16N2O2. The van der Waals surface area contributed by atoms with E-state index in [9.17, 15) is 4.79 Å². The second kappa shape index (κ2) is 6.09. The van der Waals surface area contributed by atoms with Crippen LogP contribution in [0.3, 0.4) is 0 Å². The van der Waals surface area contributed by atoms with Gasteiger partial charge in [0.25, 0.3) is 0 Å². The van der Waals surface area contributed by atoms with Crippen LogP contribution in [0.4, 0.5) is 0 Å². The number of nitrogens with zero attached hydrogens (tertiary/aromatic N) is 2. The van der Waals surface area contributed by atoms with Crippen LogP contribution in [-0.2, 0) is 16.1 Å². The van der Waals surface area contributed by atoms with Gasteiger partial charge in [-0.2, -0.15) is 4.79 Å². The van der Waals surface area contributed by atoms with Gasteiger partial charge in [-0.15, -0.1) is 0 Å². The summed E-state index contributed by atoms with van der Waals surface area (Å²) in [5.74, 6) is -0.256. The number of hydrogen-bond donors (Lipinski definition) is 0. The van der Waals surface area contributed by atoms with E-state index in [-0.39, 0.29) is 12.4 Å². The fourth-order valence-electron chi connectivity index (χ4n) is 1.30. The number of ether oxygens (including phenoxy) is 1. The van der Waals surface area contributed by atoms with E-state index in [1.165, 1.54) is 0 Å². The monoisotopic (exact) mass is 232 g/mol. The molecule has 0 atom stereocenters. The lowest BCUT2D eigenvalue weighted by Crippen LogP contribution is -2.30. The summed E-state index contributed by atoms with van der Waals surface area (Å²) in [6.45, 7) is 4.25. The highest BCUT2D eigenvalue weighted by molar-refractivity contribution is 6.27. The first-order valence-corrected chi connectivity index (χ1v) is 5.40. The van der Waals surface area contributed by atoms with Gasteiger partial charge in [0.1, 0.15) is 0 Å². The average Bonchev–Trinajstić information content (AvgIpc) is 2.30. The van der Waals surface area contributed by atoms with Crippen molar-refractivity contribution in [2.45, 2.75) is 20.5 Å². The quantitative estimate of drug-likeness (QED) is 0.428. The third kappa shape index (κ3) is 4.31. The third-order valence-corrected chi connectivity index (χ3v) is 2.42. The van der Waals surface area contributed by atoms with Crippen LogP contribution >= 0.6 is 0 Å². The SMILES string of the molecule is CC(C)(COCc1ccccc1)C(=O)C=[N+]=[N-]. The molecule has 4 nitrogen and oxygen atoms in total. The van der Waals surface area contributed by atoms with Crippen molar-refractivity contribution in [1.29, 1.82) is 0 Å². The molecule has 0 saturated carbocycles. The summed E-state index contributed by atoms with van der Waals surface area (Å²) in [4.78, 5) is 14.3. The predicted octanol–water partition coefficient (Wildman–Crippen LogP) is 2.10. The Kier molecular flexibility index (Phi) is 4.76. The number of ketones is 1. The van der Waals surface area contributed by atoms with Crippen molar-refractivity contribution < 1.29 is 14.3 Å². The lowest BCUT2D eigenvalue weighted by molar-refractivity contribution is -0.126. The van der Waals surface area contributed by atoms with E-state index in [4.69, 9.17) is 10.3 Å². The molecule has 0 saturated heterocycles. The van der Waals surface area contributed by atoms with Crippen molar-refractivity contribution in [1.82, 2.24) is 0 Å². The van der Waals surface area contributed by atoms with Crippen molar-refractivity contribution in [3.63, 3.8) is 0 Å². The van der Waals surface area contributed by atoms with E-state index in [1.807, 2.05) is 30.3 Å². The van der Waals surface area contributed by atoms with Crippen molar-refractivity contribution in [2.75, 3.05) is 6.61 Å². The van der Waals surface area contributed by atoms with Crippen LogP contribution in [0, 0.1) is 5.41 Å². The topological polar surface area (TPSA) is 62.7 Å². The molecule has 0 heterocycles. The van der Waals surface area contributed by atoms with Crippen LogP contribution in [0.15, 0.2) is 30.3 Å². The zero-order chi connectivity index (χ0) is 12.7. The molecule has 90 valence electrons. The number of carbonyl (C=O) groups is 1. The van der Waals surface area contributed by atoms with Gasteiger partial charge in [0.15, 0.2) is 0 Å². The summed E-state index contributed by atoms with van der Waals surface area (Å²) < 4.78 is 5.49. The fraction of sp³-hybridized carbons (Fsp3) is 0.385. The molecule has 0 aliphatic rings. The molecule has 0 unspecified atom stereocenters. The maximum absolute atomic E-state index is 11.5. The Balaban J connectivity index is 2.45. The first-order chi connectivity index (χ1) is 8.06. The van der Waals surface area contributed by atoms with Crippen molar-refractivity contribution in [3.8, 4) is 0 Å². The number of rotatable bonds is 6. The number of Topliss-reactive ketones (excluding diaryl/α,β-unsaturated/α-hetero) is 1. The molecule has 0 bridgehead atoms. The smallest absolute Gasteiger partial charge is 0.323 e. The molecule has 1 aromatic carbocycles. The van der Waals surface area contributed by atoms with Crippen LogP contribution in [-0.4, -0.2) is 23.4 Å². The first-order valence-electron chi connectivity index (χ1n) is 5.40. The highest BCUT2D eigenvalue weighted by atomic mass is 16.5. The fourth-order valence-corrected chi connectivity index (χ4v) is 1.30. The lowest BCUT2D eigenvalue weighted by atomic mass is 9.90. The van der Waals surface area contributed by atoms with Gasteiger partial charge in [-0.25, -0.2) is 0 Å². The van der Waals surface area contributed by atoms with Gasteiger partial charge < -0.3 is 10.3 Å². The Morgan fingerprint density at radius 1 is 1.41 bits per heavy atom. The average molecular weight is 232 g/mol. The molecular weight excluding hydrogens is 216 g/mol. The van der Waals surface area contributed by atoms with Gasteiger partial charge in [0.2, 0.25) is 5.78 Å². The molecule has 0 aliphatic carbocycles. The molecule has 0 radical (unpaired) electrons. The van der Waals surface area contributed by atoms with Crippen molar-refractivity contribution in [2.24, 2.45) is 5.41 Å². The zero-order valence-corrected chi connectivity index (χ0v) is 10.1. The number of benzene rings is 1. The lowest BCUT2D eigenvalue weighted by Gasteiger charge is -2.18. The summed E-state index contributed by atoms with van der Waals surface area (Å²) in [6.07, 6.45) is 0.909. The molecule has 0 amide bonds. The highest BCUT2D eigenvalue weighted by Gasteiger charge is 2.29. The number of hydrogen-bond acceptors (Lipinski definition) is 2. The molecule has 4 heteroatoms. The first kappa shape index (κ1) is 13.3. The molecule has 0 aliphatic heterocycles. The van der Waals surface area contributed by atoms with Gasteiger partial charge in [-0.05, 0) is 5.56 Å². The summed E-state index contributed by atoms with van der Waals surface area (Å²) in [6, 6.07) is 9.74. The van der Waals surface area contributed by atoms with Crippen LogP contribution in [0.2, 0.25) is 0 Å². The van der Waals surface area contributed by atoms with E-state index in [0.29, 0.717) is 6.61 Å². The minimum Gasteiger partial charge on any atom is -0.376 e. The predicted molar refractivity (Wildman–Crippen MR) is 64.6 cm³/mol. The van der Waals surface area contributed by atoms with Gasteiger partial charge >= 0.3 is 6.21 Å². The highest BCUT2D eigenvalue weighted by Crippen LogP contribution is 2.16. The molecule has 0 aromatic heterocycles. The normalized spacial score (nSPS) is 10.7. The Bertz CT molecular complexity index is 420. The maximum atomic E-state index is 11.5. The van der Waals surface area contributed by atoms with Gasteiger partial charge in [-0.3, -0.25) is 4.79 Å². The molecule has 0 N–H and O–H groups in total. The Hall–Kier alpha value is -1.77. The largest absolute Gasteiger partial charge is 0.376 e.